The molecule has 0 radical (unpaired) electrons. The quantitative estimate of drug-likeness (QED) is 0.0324. The van der Waals surface area contributed by atoms with Gasteiger partial charge in [0, 0.05) is 29.6 Å². The van der Waals surface area contributed by atoms with Gasteiger partial charge in [-0.2, -0.15) is 33.7 Å². The third-order valence-corrected chi connectivity index (χ3v) is 17.0. The Bertz CT molecular complexity index is 2810. The molecule has 6 aliphatic rings. The first-order valence-corrected chi connectivity index (χ1v) is 31.6. The standard InChI is InChI=1S/C43H70O41S4/c1-13-16(18(28(48)25(76-13)12-75-85(58,59)60)9-73-42-33(53)35(83-87(64,65)66)26(46)14(2)77-42)7-71-40-30(50)20(29(49)36(81-40)39(56)57)6-70-11-24-17(8-72-41-31(51)21(45)4-22(80-41)38(54)55)19(27(47)23(5-44)79-24)10-74-43-37(84-88(67,68)69)32(52)34(15(3)78-43)82-86(61,62)63/h4,13-21,23-37,40-53H,5-12H2,1-3H3,(H,54,55)(H,56,57)(H,58,59,60)(H,61,62,63)(H,64,65,66)(H,67,68,69)/t13?,14?,15?,16?,17?,18?,19?,20?,21?,23?,24-,25?,26-,27+,28+,29+,30?,31?,32?,33?,34-,35?,36?,37?,40+,41+,42+,43+/m0/s1. The highest BCUT2D eigenvalue weighted by molar-refractivity contribution is 7.81. The highest BCUT2D eigenvalue weighted by atomic mass is 32.3. The highest BCUT2D eigenvalue weighted by Crippen LogP contribution is 2.39. The lowest BCUT2D eigenvalue weighted by molar-refractivity contribution is -0.308. The van der Waals surface area contributed by atoms with Crippen LogP contribution in [0.5, 0.6) is 0 Å². The lowest BCUT2D eigenvalue weighted by Crippen LogP contribution is -2.61. The zero-order valence-electron chi connectivity index (χ0n) is 45.9. The van der Waals surface area contributed by atoms with Crippen molar-refractivity contribution < 1.29 is 192 Å². The first kappa shape index (κ1) is 74.2. The van der Waals surface area contributed by atoms with Crippen molar-refractivity contribution in [2.75, 3.05) is 52.9 Å². The van der Waals surface area contributed by atoms with Gasteiger partial charge in [0.2, 0.25) is 12.0 Å². The summed E-state index contributed by atoms with van der Waals surface area (Å²) in [5.74, 6) is -11.8. The summed E-state index contributed by atoms with van der Waals surface area (Å²) in [7, 11) is -21.4. The summed E-state index contributed by atoms with van der Waals surface area (Å²) in [5.41, 5.74) is 0. The van der Waals surface area contributed by atoms with Crippen LogP contribution in [-0.2, 0) is 120 Å². The molecule has 41 nitrogen and oxygen atoms in total. The Kier molecular flexibility index (Phi) is 25.7. The Morgan fingerprint density at radius 2 is 0.955 bits per heavy atom. The van der Waals surface area contributed by atoms with Crippen LogP contribution in [0.2, 0.25) is 0 Å². The summed E-state index contributed by atoms with van der Waals surface area (Å²) < 4.78 is 211. The normalized spacial score (nSPS) is 42.3. The molecule has 5 fully saturated rings. The van der Waals surface area contributed by atoms with E-state index in [1.165, 1.54) is 13.8 Å². The number of ether oxygens (including phenoxy) is 11. The Balaban J connectivity index is 1.23. The molecule has 0 saturated carbocycles. The fourth-order valence-electron chi connectivity index (χ4n) is 10.6. The average molecular weight is 1370 g/mol. The van der Waals surface area contributed by atoms with E-state index in [4.69, 9.17) is 52.1 Å². The smallest absolute Gasteiger partial charge is 0.397 e. The third kappa shape index (κ3) is 19.4. The summed E-state index contributed by atoms with van der Waals surface area (Å²) >= 11 is 0. The molecular formula is C43H70O41S4. The van der Waals surface area contributed by atoms with Crippen molar-refractivity contribution >= 4 is 53.5 Å². The van der Waals surface area contributed by atoms with Crippen LogP contribution in [-0.4, -0.2) is 319 Å². The molecule has 0 bridgehead atoms. The molecule has 18 unspecified atom stereocenters. The maximum atomic E-state index is 12.6. The van der Waals surface area contributed by atoms with E-state index in [0.717, 1.165) is 6.92 Å². The predicted octanol–water partition coefficient (Wildman–Crippen LogP) is -9.05. The van der Waals surface area contributed by atoms with Gasteiger partial charge in [0.25, 0.3) is 0 Å². The average Bonchev–Trinajstić information content (AvgIpc) is 1.29. The number of carboxylic acids is 2. The van der Waals surface area contributed by atoms with Crippen LogP contribution in [0, 0.1) is 29.6 Å². The molecule has 0 aromatic rings. The number of aliphatic hydroxyl groups is 10. The molecule has 88 heavy (non-hydrogen) atoms. The van der Waals surface area contributed by atoms with Gasteiger partial charge in [-0.15, -0.1) is 0 Å². The summed E-state index contributed by atoms with van der Waals surface area (Å²) in [4.78, 5) is 24.4. The van der Waals surface area contributed by atoms with Crippen molar-refractivity contribution in [2.45, 2.75) is 162 Å². The molecule has 5 saturated heterocycles. The van der Waals surface area contributed by atoms with Gasteiger partial charge in [0.15, 0.2) is 31.1 Å². The summed E-state index contributed by atoms with van der Waals surface area (Å²) in [6.45, 7) is -3.38. The SMILES string of the molecule is CC1OC(COS(=O)(=O)O)[C@H](O)C(CO[C@@H]2OC(C)[C@H](O)C(OS(=O)(=O)O)C2O)C1CO[C@@H]1OC(C(=O)O)[C@H](O)C(COC[C@@H]2OC(CO)[C@H](O)C(CO[C@@H]3OC(C)[C@H](OS(=O)(=O)O)C(O)C3OS(=O)(=O)O)C2CO[C@@H]2OC(C(=O)O)=CC(O)C2O)C1O. The molecule has 16 N–H and O–H groups in total. The van der Waals surface area contributed by atoms with E-state index in [1.807, 2.05) is 0 Å². The molecule has 6 aliphatic heterocycles. The van der Waals surface area contributed by atoms with Gasteiger partial charge in [0.1, 0.15) is 61.0 Å². The van der Waals surface area contributed by atoms with E-state index in [2.05, 4.69) is 16.7 Å². The van der Waals surface area contributed by atoms with Gasteiger partial charge in [-0.05, 0) is 26.8 Å². The topological polar surface area (TPSA) is 633 Å². The molecule has 0 aromatic heterocycles. The van der Waals surface area contributed by atoms with Crippen molar-refractivity contribution in [2.24, 2.45) is 29.6 Å². The second-order valence-electron chi connectivity index (χ2n) is 21.1. The Morgan fingerprint density at radius 1 is 0.443 bits per heavy atom. The first-order valence-electron chi connectivity index (χ1n) is 26.2. The minimum Gasteiger partial charge on any atom is -0.479 e. The molecule has 0 spiro atoms. The van der Waals surface area contributed by atoms with Crippen LogP contribution < -0.4 is 0 Å². The van der Waals surface area contributed by atoms with Gasteiger partial charge in [-0.25, -0.2) is 26.3 Å². The summed E-state index contributed by atoms with van der Waals surface area (Å²) in [6.07, 6.45) is -43.7. The van der Waals surface area contributed by atoms with Crippen molar-refractivity contribution in [3.05, 3.63) is 11.8 Å². The Hall–Kier alpha value is -2.84. The number of carboxylic acid groups (broad SMARTS) is 2. The van der Waals surface area contributed by atoms with Crippen molar-refractivity contribution in [1.82, 2.24) is 0 Å². The first-order chi connectivity index (χ1) is 40.7. The van der Waals surface area contributed by atoms with E-state index < -0.39 is 283 Å². The zero-order chi connectivity index (χ0) is 65.9. The second kappa shape index (κ2) is 30.5. The van der Waals surface area contributed by atoms with Gasteiger partial charge in [-0.1, -0.05) is 0 Å². The molecule has 6 heterocycles. The third-order valence-electron chi connectivity index (χ3n) is 15.2. The number of hydrogen-bond acceptors (Lipinski definition) is 35. The van der Waals surface area contributed by atoms with Gasteiger partial charge < -0.3 is 113 Å². The molecule has 0 aromatic carbocycles. The molecule has 28 atom stereocenters. The Morgan fingerprint density at radius 3 is 1.52 bits per heavy atom. The zero-order valence-corrected chi connectivity index (χ0v) is 49.2. The highest BCUT2D eigenvalue weighted by Gasteiger charge is 2.55. The molecule has 512 valence electrons. The molecule has 6 rings (SSSR count). The van der Waals surface area contributed by atoms with E-state index in [0.29, 0.717) is 6.08 Å². The lowest BCUT2D eigenvalue weighted by Gasteiger charge is -2.47. The molecular weight excluding hydrogens is 1300 g/mol. The fourth-order valence-corrected chi connectivity index (χ4v) is 12.5. The lowest BCUT2D eigenvalue weighted by atomic mass is 9.79. The number of aliphatic carboxylic acids is 2. The number of rotatable bonds is 28. The van der Waals surface area contributed by atoms with Crippen LogP contribution in [0.15, 0.2) is 11.8 Å². The van der Waals surface area contributed by atoms with Crippen LogP contribution in [0.3, 0.4) is 0 Å². The van der Waals surface area contributed by atoms with Crippen LogP contribution >= 0.6 is 0 Å². The number of carbonyl (C=O) groups is 2. The summed E-state index contributed by atoms with van der Waals surface area (Å²) in [5, 5.41) is 130. The minimum atomic E-state index is -5.58. The minimum absolute atomic E-state index is 0.631. The van der Waals surface area contributed by atoms with Gasteiger partial charge in [-0.3, -0.25) is 18.2 Å². The fraction of sp³-hybridized carbons (Fsp3) is 0.907. The molecule has 45 heteroatoms. The molecule has 0 aliphatic carbocycles. The van der Waals surface area contributed by atoms with E-state index in [1.54, 1.807) is 0 Å². The maximum absolute atomic E-state index is 12.6. The van der Waals surface area contributed by atoms with E-state index in [-0.39, 0.29) is 0 Å². The molecule has 0 amide bonds. The van der Waals surface area contributed by atoms with Crippen molar-refractivity contribution in [1.29, 1.82) is 0 Å². The van der Waals surface area contributed by atoms with Crippen LogP contribution in [0.4, 0.5) is 0 Å². The monoisotopic (exact) mass is 1370 g/mol. The number of aliphatic hydroxyl groups excluding tert-OH is 10. The maximum Gasteiger partial charge on any atom is 0.397 e. The van der Waals surface area contributed by atoms with Crippen LogP contribution in [0.25, 0.3) is 0 Å². The van der Waals surface area contributed by atoms with Crippen molar-refractivity contribution in [3.63, 3.8) is 0 Å². The van der Waals surface area contributed by atoms with Crippen LogP contribution in [0.1, 0.15) is 20.8 Å². The Labute approximate surface area is 499 Å². The van der Waals surface area contributed by atoms with Gasteiger partial charge in [0.05, 0.1) is 95.6 Å². The summed E-state index contributed by atoms with van der Waals surface area (Å²) in [6, 6.07) is 0. The predicted molar refractivity (Wildman–Crippen MR) is 269 cm³/mol. The van der Waals surface area contributed by atoms with E-state index >= 15 is 0 Å². The van der Waals surface area contributed by atoms with Crippen molar-refractivity contribution in [3.8, 4) is 0 Å². The second-order valence-corrected chi connectivity index (χ2v) is 25.3. The van der Waals surface area contributed by atoms with Gasteiger partial charge >= 0.3 is 53.5 Å². The largest absolute Gasteiger partial charge is 0.479 e. The van der Waals surface area contributed by atoms with E-state index in [9.17, 15) is 123 Å². The number of hydrogen-bond donors (Lipinski definition) is 16.